The molecule has 145 heavy (non-hydrogen) atoms. The van der Waals surface area contributed by atoms with Gasteiger partial charge in [0.25, 0.3) is 0 Å². The quantitative estimate of drug-likeness (QED) is 0.0132. The molecule has 15 rings (SSSR count). The highest BCUT2D eigenvalue weighted by atomic mass is 16.6. The van der Waals surface area contributed by atoms with Gasteiger partial charge in [0.15, 0.2) is 6.61 Å². The number of nitrogens with one attached hydrogen (secondary N) is 5. The topological polar surface area (TPSA) is 381 Å². The van der Waals surface area contributed by atoms with E-state index >= 15 is 0 Å². The number of hydrogen-bond donors (Lipinski definition) is 5. The Labute approximate surface area is 843 Å². The van der Waals surface area contributed by atoms with Gasteiger partial charge < -0.3 is 70.2 Å². The van der Waals surface area contributed by atoms with E-state index in [-0.39, 0.29) is 30.8 Å². The molecule has 2 atom stereocenters. The smallest absolute Gasteiger partial charge is 0.412 e. The summed E-state index contributed by atoms with van der Waals surface area (Å²) in [5.74, 6) is 8.35. The molecular weight excluding hydrogens is 1830 g/mol. The van der Waals surface area contributed by atoms with Gasteiger partial charge in [0.05, 0.1) is 126 Å². The second-order valence-corrected chi connectivity index (χ2v) is 33.8. The Morgan fingerprint density at radius 1 is 0.359 bits per heavy atom. The van der Waals surface area contributed by atoms with E-state index in [0.29, 0.717) is 102 Å². The third kappa shape index (κ3) is 25.6. The van der Waals surface area contributed by atoms with Crippen LogP contribution in [-0.4, -0.2) is 121 Å². The molecule has 740 valence electrons. The molecule has 0 fully saturated rings. The molecule has 0 aliphatic carbocycles. The number of fused-ring (bicyclic) bond motifs is 5. The van der Waals surface area contributed by atoms with Crippen LogP contribution in [0.4, 0.5) is 52.4 Å². The van der Waals surface area contributed by atoms with Crippen molar-refractivity contribution < 1.29 is 71.3 Å². The molecule has 0 aliphatic heterocycles. The van der Waals surface area contributed by atoms with Crippen molar-refractivity contribution >= 4 is 113 Å². The maximum Gasteiger partial charge on any atom is 0.412 e. The van der Waals surface area contributed by atoms with Crippen molar-refractivity contribution in [1.29, 1.82) is 26.3 Å². The fourth-order valence-electron chi connectivity index (χ4n) is 16.4. The highest BCUT2D eigenvalue weighted by molar-refractivity contribution is 6.02. The average molecular weight is 1950 g/mol. The number of carbonyl (C=O) groups excluding carboxylic acids is 5. The second kappa shape index (κ2) is 50.4. The summed E-state index contributed by atoms with van der Waals surface area (Å²) >= 11 is 0. The molecule has 0 aliphatic rings. The maximum atomic E-state index is 12.2. The average Bonchev–Trinajstić information content (AvgIpc) is 1.63. The summed E-state index contributed by atoms with van der Waals surface area (Å²) in [7, 11) is 8.12. The van der Waals surface area contributed by atoms with Gasteiger partial charge in [-0.05, 0) is 204 Å². The van der Waals surface area contributed by atoms with Gasteiger partial charge in [-0.2, -0.15) is 26.3 Å². The molecule has 0 spiro atoms. The lowest BCUT2D eigenvalue weighted by Crippen LogP contribution is -2.21. The number of aryl methyl sites for hydroxylation is 5. The number of carbonyl (C=O) groups is 5. The fraction of sp³-hybridized carbons (Fsp3) is 0.252. The van der Waals surface area contributed by atoms with Gasteiger partial charge in [-0.3, -0.25) is 26.6 Å². The number of aromatic nitrogens is 5. The monoisotopic (exact) mass is 1950 g/mol. The first kappa shape index (κ1) is 107. The van der Waals surface area contributed by atoms with Crippen molar-refractivity contribution in [2.75, 3.05) is 82.0 Å². The summed E-state index contributed by atoms with van der Waals surface area (Å²) in [6, 6.07) is 77.0. The molecular formula is C115H115N15O15. The Balaban J connectivity index is 0.000000173. The van der Waals surface area contributed by atoms with Gasteiger partial charge in [0.2, 0.25) is 0 Å². The third-order valence-corrected chi connectivity index (χ3v) is 23.4. The molecule has 10 aromatic carbocycles. The standard InChI is InChI=1S/C24H27N3O3.C23H25N3O3.C23H23N3O3.C23H21N3O3.C22H19N3O3/c1-6-27-21-13-18(29-5)10-11-19(21)20(14-25)22(27)16-8-7-9-17(12-16)26-23(28)30-15-24(2,3)4;2*1-5-15(3)29-23(27)25-17-9-7-16(8-10-17)22-20(14-24)19-12-11-18(28-4)13-21(19)26(22)6-2;1-4-6-13-29-23(27)25-17-9-7-16(8-10-17)22-20(15-24)19-12-11-18(28-3)14-21(19)26(22)5-2;1-4-12-28-22(26)24-16-8-6-15(7-9-16)21-19(14-23)18-11-10-17(27-3)13-20(18)25(21)5-2/h7-13H,6,15H2,1-5H3,(H,26,28);7-13,15H,5-6H2,1-4H3,(H,25,27);5,7-13,15H,1,6H2,2-4H3,(H,25,27);1,7-12,14H,5-6,13H2,2-3H3,(H,25,27);1,6-11,13H,5,12H2,2-3H3,(H,24,26). The van der Waals surface area contributed by atoms with Crippen LogP contribution in [0.5, 0.6) is 28.7 Å². The fourth-order valence-corrected chi connectivity index (χ4v) is 16.4. The first-order valence-corrected chi connectivity index (χ1v) is 46.9. The van der Waals surface area contributed by atoms with E-state index in [4.69, 9.17) is 60.2 Å². The SMILES string of the molecule is C#CCCOC(=O)Nc1ccc(-c2c(C#N)c3ccc(OC)cc3n2CC)cc1.C#CCOC(=O)Nc1ccc(-c2c(C#N)c3ccc(OC)cc3n2CC)cc1.C=CC(C)OC(=O)Nc1ccc(-c2c(C#N)c3ccc(OC)cc3n2CC)cc1.CCC(C)OC(=O)Nc1ccc(-c2c(C#N)c3ccc(OC)cc3n2CC)cc1.CCn1c(-c2cccc(NC(=O)OCC(C)(C)C)c2)c(C#N)c2ccc(OC)cc21. The van der Waals surface area contributed by atoms with Crippen molar-refractivity contribution in [3.63, 3.8) is 0 Å². The Morgan fingerprint density at radius 2 is 0.641 bits per heavy atom. The van der Waals surface area contributed by atoms with Crippen molar-refractivity contribution in [2.45, 2.75) is 134 Å². The van der Waals surface area contributed by atoms with Crippen LogP contribution in [-0.2, 0) is 56.4 Å². The third-order valence-electron chi connectivity index (χ3n) is 23.4. The predicted molar refractivity (Wildman–Crippen MR) is 568 cm³/mol. The summed E-state index contributed by atoms with van der Waals surface area (Å²) in [4.78, 5) is 59.3. The van der Waals surface area contributed by atoms with Crippen molar-refractivity contribution in [3.05, 3.63) is 253 Å². The van der Waals surface area contributed by atoms with E-state index in [1.807, 2.05) is 239 Å². The van der Waals surface area contributed by atoms with Gasteiger partial charge in [-0.1, -0.05) is 107 Å². The molecule has 5 N–H and O–H groups in total. The van der Waals surface area contributed by atoms with E-state index in [9.17, 15) is 50.3 Å². The minimum atomic E-state index is -0.613. The van der Waals surface area contributed by atoms with Gasteiger partial charge >= 0.3 is 30.5 Å². The number of nitrogens with zero attached hydrogens (tertiary/aromatic N) is 10. The highest BCUT2D eigenvalue weighted by Crippen LogP contribution is 2.43. The maximum absolute atomic E-state index is 12.2. The van der Waals surface area contributed by atoms with Gasteiger partial charge in [-0.25, -0.2) is 24.0 Å². The largest absolute Gasteiger partial charge is 0.497 e. The molecule has 30 nitrogen and oxygen atoms in total. The van der Waals surface area contributed by atoms with E-state index in [2.05, 4.69) is 98.2 Å². The number of rotatable bonds is 28. The van der Waals surface area contributed by atoms with Gasteiger partial charge in [-0.15, -0.1) is 18.8 Å². The highest BCUT2D eigenvalue weighted by Gasteiger charge is 2.27. The zero-order valence-electron chi connectivity index (χ0n) is 84.0. The van der Waals surface area contributed by atoms with Crippen LogP contribution in [0.25, 0.3) is 111 Å². The van der Waals surface area contributed by atoms with Crippen molar-refractivity contribution in [1.82, 2.24) is 22.8 Å². The zero-order valence-corrected chi connectivity index (χ0v) is 84.0. The number of amides is 5. The second-order valence-electron chi connectivity index (χ2n) is 33.8. The van der Waals surface area contributed by atoms with Crippen LogP contribution in [0.1, 0.15) is 117 Å². The molecule has 5 heterocycles. The van der Waals surface area contributed by atoms with Crippen LogP contribution in [0.15, 0.2) is 225 Å². The van der Waals surface area contributed by atoms with Crippen LogP contribution in [0.3, 0.4) is 0 Å². The summed E-state index contributed by atoms with van der Waals surface area (Å²) in [6.07, 6.45) is 9.69. The van der Waals surface area contributed by atoms with E-state index in [0.717, 1.165) is 146 Å². The first-order chi connectivity index (χ1) is 70.0. The van der Waals surface area contributed by atoms with Crippen LogP contribution < -0.4 is 50.3 Å². The lowest BCUT2D eigenvalue weighted by atomic mass is 9.99. The molecule has 0 bridgehead atoms. The Kier molecular flexibility index (Phi) is 37.2. The Hall–Kier alpha value is -18.4. The molecule has 0 saturated carbocycles. The minimum Gasteiger partial charge on any atom is -0.497 e. The molecule has 5 aromatic heterocycles. The normalized spacial score (nSPS) is 11.0. The van der Waals surface area contributed by atoms with Crippen molar-refractivity contribution in [3.8, 4) is 140 Å². The lowest BCUT2D eigenvalue weighted by molar-refractivity contribution is 0.118. The molecule has 0 saturated heterocycles. The molecule has 15 aromatic rings. The van der Waals surface area contributed by atoms with Gasteiger partial charge in [0, 0.05) is 130 Å². The number of nitriles is 5. The number of terminal acetylenes is 2. The molecule has 0 radical (unpaired) electrons. The Morgan fingerprint density at radius 3 is 0.910 bits per heavy atom. The lowest BCUT2D eigenvalue weighted by Gasteiger charge is -2.18. The predicted octanol–water partition coefficient (Wildman–Crippen LogP) is 25.9. The van der Waals surface area contributed by atoms with E-state index in [1.54, 1.807) is 91.0 Å². The summed E-state index contributed by atoms with van der Waals surface area (Å²) in [5.41, 5.74) is 19.3. The minimum absolute atomic E-state index is 0.0878. The molecule has 5 amide bonds. The van der Waals surface area contributed by atoms with E-state index in [1.165, 1.54) is 0 Å². The summed E-state index contributed by atoms with van der Waals surface area (Å²) in [6.45, 7) is 29.2. The number of benzene rings is 10. The summed E-state index contributed by atoms with van der Waals surface area (Å²) < 4.78 is 62.6. The van der Waals surface area contributed by atoms with Crippen LogP contribution in [0.2, 0.25) is 0 Å². The number of methoxy groups -OCH3 is 5. The van der Waals surface area contributed by atoms with Gasteiger partial charge in [0.1, 0.15) is 77.9 Å². The Bertz CT molecular complexity index is 7550. The number of ether oxygens (including phenoxy) is 10. The number of hydrogen-bond acceptors (Lipinski definition) is 20. The number of anilines is 5. The summed E-state index contributed by atoms with van der Waals surface area (Å²) in [5, 5.41) is 67.0. The molecule has 2 unspecified atom stereocenters. The van der Waals surface area contributed by atoms with Crippen LogP contribution in [0, 0.1) is 86.8 Å². The zero-order chi connectivity index (χ0) is 105. The van der Waals surface area contributed by atoms with Crippen LogP contribution >= 0.6 is 0 Å². The van der Waals surface area contributed by atoms with E-state index < -0.39 is 30.5 Å². The van der Waals surface area contributed by atoms with Crippen molar-refractivity contribution in [2.24, 2.45) is 5.41 Å². The molecule has 30 heteroatoms. The first-order valence-electron chi connectivity index (χ1n) is 46.9.